The normalized spacial score (nSPS) is 10.7. The Morgan fingerprint density at radius 1 is 1.05 bits per heavy atom. The monoisotopic (exact) mass is 305 g/mol. The van der Waals surface area contributed by atoms with Crippen LogP contribution in [0.15, 0.2) is 42.6 Å². The molecule has 0 bridgehead atoms. The van der Waals surface area contributed by atoms with E-state index >= 15 is 0 Å². The number of hydrogen-bond acceptors (Lipinski definition) is 4. The maximum absolute atomic E-state index is 6.20. The number of aromatic nitrogens is 5. The van der Waals surface area contributed by atoms with Crippen molar-refractivity contribution in [1.29, 1.82) is 0 Å². The standard InChI is InChI=1S/C13H9Cl2N5/c14-11-6-3-5-10(12(11)15)13-17-18-19-20(13)8-9-4-1-2-7-16-9/h1-7H,8H2. The third-order valence-corrected chi connectivity index (χ3v) is 3.58. The fraction of sp³-hybridized carbons (Fsp3) is 0.0769. The summed E-state index contributed by atoms with van der Waals surface area (Å²) in [6.45, 7) is 0.464. The molecule has 0 saturated heterocycles. The van der Waals surface area contributed by atoms with Crippen LogP contribution >= 0.6 is 23.2 Å². The van der Waals surface area contributed by atoms with Crippen LogP contribution in [0.25, 0.3) is 11.4 Å². The lowest BCUT2D eigenvalue weighted by molar-refractivity contribution is 0.642. The Morgan fingerprint density at radius 2 is 1.95 bits per heavy atom. The fourth-order valence-electron chi connectivity index (χ4n) is 1.83. The minimum atomic E-state index is 0.436. The van der Waals surface area contributed by atoms with Crippen LogP contribution in [-0.2, 0) is 6.54 Å². The van der Waals surface area contributed by atoms with Crippen molar-refractivity contribution in [2.24, 2.45) is 0 Å². The second-order valence-electron chi connectivity index (χ2n) is 4.08. The molecule has 20 heavy (non-hydrogen) atoms. The van der Waals surface area contributed by atoms with Gasteiger partial charge in [-0.05, 0) is 34.7 Å². The molecule has 0 atom stereocenters. The second kappa shape index (κ2) is 5.56. The highest BCUT2D eigenvalue weighted by Crippen LogP contribution is 2.31. The highest BCUT2D eigenvalue weighted by Gasteiger charge is 2.14. The van der Waals surface area contributed by atoms with Gasteiger partial charge in [0, 0.05) is 11.8 Å². The van der Waals surface area contributed by atoms with Crippen molar-refractivity contribution in [1.82, 2.24) is 25.2 Å². The van der Waals surface area contributed by atoms with E-state index in [1.807, 2.05) is 30.3 Å². The van der Waals surface area contributed by atoms with Crippen LogP contribution in [0.4, 0.5) is 0 Å². The predicted octanol–water partition coefficient (Wildman–Crippen LogP) is 3.09. The highest BCUT2D eigenvalue weighted by molar-refractivity contribution is 6.43. The molecule has 0 unspecified atom stereocenters. The van der Waals surface area contributed by atoms with Gasteiger partial charge in [-0.15, -0.1) is 5.10 Å². The molecule has 0 N–H and O–H groups in total. The first-order valence-electron chi connectivity index (χ1n) is 5.86. The van der Waals surface area contributed by atoms with Crippen LogP contribution in [0, 0.1) is 0 Å². The van der Waals surface area contributed by atoms with E-state index in [0.717, 1.165) is 5.69 Å². The molecule has 2 aromatic heterocycles. The molecule has 7 heteroatoms. The summed E-state index contributed by atoms with van der Waals surface area (Å²) in [7, 11) is 0. The largest absolute Gasteiger partial charge is 0.259 e. The summed E-state index contributed by atoms with van der Waals surface area (Å²) >= 11 is 12.2. The Balaban J connectivity index is 2.00. The maximum Gasteiger partial charge on any atom is 0.183 e. The topological polar surface area (TPSA) is 56.5 Å². The molecule has 3 aromatic rings. The lowest BCUT2D eigenvalue weighted by Gasteiger charge is -2.06. The van der Waals surface area contributed by atoms with E-state index in [1.165, 1.54) is 0 Å². The lowest BCUT2D eigenvalue weighted by atomic mass is 10.2. The van der Waals surface area contributed by atoms with E-state index in [0.29, 0.717) is 28.0 Å². The van der Waals surface area contributed by atoms with Crippen molar-refractivity contribution in [3.05, 3.63) is 58.3 Å². The zero-order valence-corrected chi connectivity index (χ0v) is 11.8. The van der Waals surface area contributed by atoms with Crippen molar-refractivity contribution < 1.29 is 0 Å². The molecular formula is C13H9Cl2N5. The van der Waals surface area contributed by atoms with Crippen molar-refractivity contribution >= 4 is 23.2 Å². The van der Waals surface area contributed by atoms with E-state index < -0.39 is 0 Å². The summed E-state index contributed by atoms with van der Waals surface area (Å²) < 4.78 is 1.64. The summed E-state index contributed by atoms with van der Waals surface area (Å²) in [5, 5.41) is 12.6. The summed E-state index contributed by atoms with van der Waals surface area (Å²) in [4.78, 5) is 4.25. The van der Waals surface area contributed by atoms with Gasteiger partial charge in [-0.2, -0.15) is 0 Å². The number of halogens is 2. The minimum Gasteiger partial charge on any atom is -0.259 e. The molecule has 0 amide bonds. The Bertz CT molecular complexity index is 727. The van der Waals surface area contributed by atoms with Crippen LogP contribution in [0.2, 0.25) is 10.0 Å². The SMILES string of the molecule is Clc1cccc(-c2nnnn2Cc2ccccn2)c1Cl. The van der Waals surface area contributed by atoms with Crippen LogP contribution in [0.5, 0.6) is 0 Å². The van der Waals surface area contributed by atoms with E-state index in [4.69, 9.17) is 23.2 Å². The van der Waals surface area contributed by atoms with Gasteiger partial charge >= 0.3 is 0 Å². The molecule has 100 valence electrons. The first-order valence-corrected chi connectivity index (χ1v) is 6.62. The van der Waals surface area contributed by atoms with E-state index in [2.05, 4.69) is 20.5 Å². The number of pyridine rings is 1. The summed E-state index contributed by atoms with van der Waals surface area (Å²) in [5.74, 6) is 0.558. The van der Waals surface area contributed by atoms with Crippen LogP contribution in [-0.4, -0.2) is 25.2 Å². The molecule has 1 aromatic carbocycles. The van der Waals surface area contributed by atoms with Crippen LogP contribution in [0.3, 0.4) is 0 Å². The van der Waals surface area contributed by atoms with Crippen molar-refractivity contribution in [2.75, 3.05) is 0 Å². The van der Waals surface area contributed by atoms with Crippen LogP contribution in [0.1, 0.15) is 5.69 Å². The van der Waals surface area contributed by atoms with Gasteiger partial charge in [-0.3, -0.25) is 4.98 Å². The Hall–Kier alpha value is -1.98. The maximum atomic E-state index is 6.20. The molecule has 0 saturated carbocycles. The second-order valence-corrected chi connectivity index (χ2v) is 4.87. The van der Waals surface area contributed by atoms with Crippen molar-refractivity contribution in [3.8, 4) is 11.4 Å². The average Bonchev–Trinajstić information content (AvgIpc) is 2.91. The molecule has 0 aliphatic heterocycles. The minimum absolute atomic E-state index is 0.436. The molecule has 0 aliphatic carbocycles. The van der Waals surface area contributed by atoms with E-state index in [1.54, 1.807) is 16.9 Å². The number of benzene rings is 1. The summed E-state index contributed by atoms with van der Waals surface area (Å²) in [6, 6.07) is 11.0. The number of hydrogen-bond donors (Lipinski definition) is 0. The third kappa shape index (κ3) is 2.50. The van der Waals surface area contributed by atoms with Gasteiger partial charge in [0.2, 0.25) is 0 Å². The number of tetrazole rings is 1. The van der Waals surface area contributed by atoms with Crippen LogP contribution < -0.4 is 0 Å². The third-order valence-electron chi connectivity index (χ3n) is 2.76. The van der Waals surface area contributed by atoms with Gasteiger partial charge in [0.05, 0.1) is 22.3 Å². The fourth-order valence-corrected chi connectivity index (χ4v) is 2.21. The molecule has 0 spiro atoms. The smallest absolute Gasteiger partial charge is 0.183 e. The Kier molecular flexibility index (Phi) is 3.62. The van der Waals surface area contributed by atoms with Gasteiger partial charge in [-0.1, -0.05) is 35.3 Å². The Morgan fingerprint density at radius 3 is 2.75 bits per heavy atom. The molecule has 2 heterocycles. The zero-order chi connectivity index (χ0) is 13.9. The summed E-state index contributed by atoms with van der Waals surface area (Å²) in [5.41, 5.74) is 1.55. The first-order chi connectivity index (χ1) is 9.75. The van der Waals surface area contributed by atoms with E-state index in [-0.39, 0.29) is 0 Å². The quantitative estimate of drug-likeness (QED) is 0.746. The molecule has 5 nitrogen and oxygen atoms in total. The van der Waals surface area contributed by atoms with Gasteiger partial charge < -0.3 is 0 Å². The molecular weight excluding hydrogens is 297 g/mol. The molecule has 3 rings (SSSR count). The molecule has 0 fully saturated rings. The predicted molar refractivity (Wildman–Crippen MR) is 76.6 cm³/mol. The van der Waals surface area contributed by atoms with Crippen molar-refractivity contribution in [2.45, 2.75) is 6.54 Å². The Labute approximate surface area is 125 Å². The molecule has 0 radical (unpaired) electrons. The number of rotatable bonds is 3. The highest BCUT2D eigenvalue weighted by atomic mass is 35.5. The summed E-state index contributed by atoms with van der Waals surface area (Å²) in [6.07, 6.45) is 1.73. The van der Waals surface area contributed by atoms with Gasteiger partial charge in [0.15, 0.2) is 5.82 Å². The van der Waals surface area contributed by atoms with E-state index in [9.17, 15) is 0 Å². The van der Waals surface area contributed by atoms with Crippen molar-refractivity contribution in [3.63, 3.8) is 0 Å². The average molecular weight is 306 g/mol. The van der Waals surface area contributed by atoms with Gasteiger partial charge in [0.1, 0.15) is 0 Å². The number of nitrogens with zero attached hydrogens (tertiary/aromatic N) is 5. The first kappa shape index (κ1) is 13.0. The van der Waals surface area contributed by atoms with Gasteiger partial charge in [0.25, 0.3) is 0 Å². The van der Waals surface area contributed by atoms with Gasteiger partial charge in [-0.25, -0.2) is 4.68 Å². The molecule has 0 aliphatic rings. The lowest BCUT2D eigenvalue weighted by Crippen LogP contribution is -2.06. The zero-order valence-electron chi connectivity index (χ0n) is 10.2.